The van der Waals surface area contributed by atoms with Crippen molar-refractivity contribution < 1.29 is 9.90 Å². The fraction of sp³-hybridized carbons (Fsp3) is 0.200. The molecule has 0 atom stereocenters. The van der Waals surface area contributed by atoms with E-state index in [4.69, 9.17) is 10.8 Å². The van der Waals surface area contributed by atoms with Gasteiger partial charge in [0, 0.05) is 4.88 Å². The van der Waals surface area contributed by atoms with Crippen molar-refractivity contribution in [1.82, 2.24) is 9.78 Å². The summed E-state index contributed by atoms with van der Waals surface area (Å²) >= 11 is 1.37. The van der Waals surface area contributed by atoms with Crippen LogP contribution in [0.4, 0.5) is 5.82 Å². The van der Waals surface area contributed by atoms with E-state index in [2.05, 4.69) is 5.10 Å². The van der Waals surface area contributed by atoms with Crippen molar-refractivity contribution in [2.75, 3.05) is 12.3 Å². The van der Waals surface area contributed by atoms with E-state index in [1.165, 1.54) is 16.0 Å². The summed E-state index contributed by atoms with van der Waals surface area (Å²) < 4.78 is 1.54. The lowest BCUT2D eigenvalue weighted by Gasteiger charge is -2.01. The molecule has 5 nitrogen and oxygen atoms in total. The Labute approximate surface area is 96.1 Å². The third kappa shape index (κ3) is 1.84. The minimum Gasteiger partial charge on any atom is -0.394 e. The number of nitrogen functional groups attached to an aromatic ring is 1. The molecule has 0 amide bonds. The zero-order valence-corrected chi connectivity index (χ0v) is 9.28. The van der Waals surface area contributed by atoms with Crippen molar-refractivity contribution >= 4 is 23.4 Å². The summed E-state index contributed by atoms with van der Waals surface area (Å²) in [6, 6.07) is 3.58. The number of aromatic nitrogens is 2. The van der Waals surface area contributed by atoms with E-state index in [9.17, 15) is 4.79 Å². The minimum atomic E-state index is -0.00461. The summed E-state index contributed by atoms with van der Waals surface area (Å²) in [4.78, 5) is 12.1. The summed E-state index contributed by atoms with van der Waals surface area (Å²) in [5, 5.41) is 12.9. The summed E-state index contributed by atoms with van der Waals surface area (Å²) in [6.07, 6.45) is 2.45. The molecule has 0 spiro atoms. The van der Waals surface area contributed by atoms with E-state index in [-0.39, 0.29) is 6.61 Å². The molecule has 3 N–H and O–H groups in total. The van der Waals surface area contributed by atoms with E-state index in [0.29, 0.717) is 17.2 Å². The van der Waals surface area contributed by atoms with Gasteiger partial charge in [-0.25, -0.2) is 4.68 Å². The van der Waals surface area contributed by atoms with Crippen molar-refractivity contribution in [3.8, 4) is 10.4 Å². The first-order chi connectivity index (χ1) is 7.76. The summed E-state index contributed by atoms with van der Waals surface area (Å²) in [6.45, 7) is 0.368. The van der Waals surface area contributed by atoms with E-state index in [0.717, 1.165) is 16.7 Å². The van der Waals surface area contributed by atoms with Crippen LogP contribution in [0.2, 0.25) is 0 Å². The van der Waals surface area contributed by atoms with Crippen LogP contribution < -0.4 is 5.73 Å². The first-order valence-electron chi connectivity index (χ1n) is 4.73. The molecule has 0 bridgehead atoms. The SMILES string of the molecule is Nc1c(-c2ccc(C=O)s2)cnn1CCO. The Morgan fingerprint density at radius 2 is 2.38 bits per heavy atom. The van der Waals surface area contributed by atoms with Crippen molar-refractivity contribution in [2.24, 2.45) is 0 Å². The molecule has 0 saturated carbocycles. The number of hydrogen-bond donors (Lipinski definition) is 2. The second-order valence-corrected chi connectivity index (χ2v) is 4.33. The summed E-state index contributed by atoms with van der Waals surface area (Å²) in [7, 11) is 0. The predicted molar refractivity (Wildman–Crippen MR) is 62.4 cm³/mol. The number of hydrogen-bond acceptors (Lipinski definition) is 5. The van der Waals surface area contributed by atoms with E-state index >= 15 is 0 Å². The second kappa shape index (κ2) is 4.46. The number of rotatable bonds is 4. The van der Waals surface area contributed by atoms with Gasteiger partial charge < -0.3 is 10.8 Å². The van der Waals surface area contributed by atoms with Crippen LogP contribution in [0.3, 0.4) is 0 Å². The normalized spacial score (nSPS) is 10.6. The van der Waals surface area contributed by atoms with Gasteiger partial charge in [0.25, 0.3) is 0 Å². The molecule has 16 heavy (non-hydrogen) atoms. The van der Waals surface area contributed by atoms with Crippen LogP contribution in [0.1, 0.15) is 9.67 Å². The number of aldehydes is 1. The number of carbonyl (C=O) groups excluding carboxylic acids is 1. The predicted octanol–water partition coefficient (Wildman–Crippen LogP) is 0.999. The summed E-state index contributed by atoms with van der Waals surface area (Å²) in [5.41, 5.74) is 6.68. The largest absolute Gasteiger partial charge is 0.394 e. The van der Waals surface area contributed by atoms with E-state index in [1.807, 2.05) is 6.07 Å². The maximum atomic E-state index is 10.6. The lowest BCUT2D eigenvalue weighted by atomic mass is 10.3. The van der Waals surface area contributed by atoms with Crippen LogP contribution in [0.25, 0.3) is 10.4 Å². The molecule has 0 fully saturated rings. The fourth-order valence-electron chi connectivity index (χ4n) is 1.42. The molecule has 84 valence electrons. The number of aliphatic hydroxyl groups excluding tert-OH is 1. The molecule has 0 aliphatic heterocycles. The van der Waals surface area contributed by atoms with Crippen LogP contribution in [-0.4, -0.2) is 27.8 Å². The average Bonchev–Trinajstić information content (AvgIpc) is 2.87. The molecule has 2 rings (SSSR count). The molecule has 0 aromatic carbocycles. The quantitative estimate of drug-likeness (QED) is 0.777. The number of nitrogens with zero attached hydrogens (tertiary/aromatic N) is 2. The first kappa shape index (κ1) is 10.8. The fourth-order valence-corrected chi connectivity index (χ4v) is 2.26. The molecular formula is C10H11N3O2S. The zero-order chi connectivity index (χ0) is 11.5. The smallest absolute Gasteiger partial charge is 0.160 e. The van der Waals surface area contributed by atoms with Crippen molar-refractivity contribution in [3.05, 3.63) is 23.2 Å². The van der Waals surface area contributed by atoms with Crippen LogP contribution >= 0.6 is 11.3 Å². The first-order valence-corrected chi connectivity index (χ1v) is 5.55. The molecule has 0 radical (unpaired) electrons. The number of nitrogens with two attached hydrogens (primary N) is 1. The Hall–Kier alpha value is -1.66. The van der Waals surface area contributed by atoms with Gasteiger partial charge in [0.1, 0.15) is 5.82 Å². The van der Waals surface area contributed by atoms with E-state index < -0.39 is 0 Å². The lowest BCUT2D eigenvalue weighted by Crippen LogP contribution is -2.07. The van der Waals surface area contributed by atoms with Gasteiger partial charge in [-0.05, 0) is 12.1 Å². The molecule has 2 heterocycles. The molecule has 0 aliphatic carbocycles. The standard InChI is InChI=1S/C10H11N3O2S/c11-10-8(5-12-13(10)3-4-14)9-2-1-7(6-15)16-9/h1-2,5-6,14H,3-4,11H2. The Balaban J connectivity index is 2.36. The molecule has 0 saturated heterocycles. The average molecular weight is 237 g/mol. The van der Waals surface area contributed by atoms with Gasteiger partial charge in [0.2, 0.25) is 0 Å². The van der Waals surface area contributed by atoms with Gasteiger partial charge in [-0.1, -0.05) is 0 Å². The Bertz CT molecular complexity index is 504. The number of aliphatic hydroxyl groups is 1. The van der Waals surface area contributed by atoms with Crippen molar-refractivity contribution in [3.63, 3.8) is 0 Å². The topological polar surface area (TPSA) is 81.1 Å². The third-order valence-corrected chi connectivity index (χ3v) is 3.24. The molecule has 0 aliphatic rings. The maximum Gasteiger partial charge on any atom is 0.160 e. The molecular weight excluding hydrogens is 226 g/mol. The van der Waals surface area contributed by atoms with Gasteiger partial charge in [-0.3, -0.25) is 4.79 Å². The Morgan fingerprint density at radius 1 is 1.56 bits per heavy atom. The maximum absolute atomic E-state index is 10.6. The zero-order valence-electron chi connectivity index (χ0n) is 8.46. The van der Waals surface area contributed by atoms with Crippen molar-refractivity contribution in [2.45, 2.75) is 6.54 Å². The van der Waals surface area contributed by atoms with E-state index in [1.54, 1.807) is 12.3 Å². The molecule has 2 aromatic heterocycles. The lowest BCUT2D eigenvalue weighted by molar-refractivity contribution is 0.112. The number of anilines is 1. The summed E-state index contributed by atoms with van der Waals surface area (Å²) in [5.74, 6) is 0.508. The number of carbonyl (C=O) groups is 1. The minimum absolute atomic E-state index is 0.00461. The highest BCUT2D eigenvalue weighted by atomic mass is 32.1. The Morgan fingerprint density at radius 3 is 3.00 bits per heavy atom. The van der Waals surface area contributed by atoms with Gasteiger partial charge >= 0.3 is 0 Å². The Kier molecular flexibility index (Phi) is 3.02. The molecule has 6 heteroatoms. The van der Waals surface area contributed by atoms with Gasteiger partial charge in [-0.2, -0.15) is 5.10 Å². The van der Waals surface area contributed by atoms with Gasteiger partial charge in [0.05, 0.1) is 29.8 Å². The second-order valence-electron chi connectivity index (χ2n) is 3.21. The van der Waals surface area contributed by atoms with Crippen molar-refractivity contribution in [1.29, 1.82) is 0 Å². The highest BCUT2D eigenvalue weighted by Gasteiger charge is 2.11. The number of thiophene rings is 1. The highest BCUT2D eigenvalue weighted by molar-refractivity contribution is 7.17. The van der Waals surface area contributed by atoms with Crippen LogP contribution in [0.15, 0.2) is 18.3 Å². The third-order valence-electron chi connectivity index (χ3n) is 2.20. The van der Waals surface area contributed by atoms with Gasteiger partial charge in [0.15, 0.2) is 6.29 Å². The molecule has 0 unspecified atom stereocenters. The van der Waals surface area contributed by atoms with Crippen LogP contribution in [0, 0.1) is 0 Å². The monoisotopic (exact) mass is 237 g/mol. The molecule has 2 aromatic rings. The van der Waals surface area contributed by atoms with Gasteiger partial charge in [-0.15, -0.1) is 11.3 Å². The van der Waals surface area contributed by atoms with Crippen LogP contribution in [-0.2, 0) is 6.54 Å². The highest BCUT2D eigenvalue weighted by Crippen LogP contribution is 2.31. The van der Waals surface area contributed by atoms with Crippen LogP contribution in [0.5, 0.6) is 0 Å².